The molecule has 0 aromatic heterocycles. The molecule has 1 atom stereocenters. The average Bonchev–Trinajstić information content (AvgIpc) is 2.21. The first-order valence-corrected chi connectivity index (χ1v) is 7.18. The second-order valence-corrected chi connectivity index (χ2v) is 6.19. The maximum absolute atomic E-state index is 10.9. The van der Waals surface area contributed by atoms with Crippen LogP contribution in [0.3, 0.4) is 0 Å². The van der Waals surface area contributed by atoms with Crippen molar-refractivity contribution in [2.45, 2.75) is 24.8 Å². The Morgan fingerprint density at radius 2 is 2.35 bits per heavy atom. The SMILES string of the molecule is Cc1cc(Br)c2c(c1)SCC(C)N2CC(=O)O. The van der Waals surface area contributed by atoms with Gasteiger partial charge in [0.15, 0.2) is 0 Å². The minimum atomic E-state index is -0.790. The summed E-state index contributed by atoms with van der Waals surface area (Å²) in [7, 11) is 0. The molecule has 17 heavy (non-hydrogen) atoms. The molecule has 0 fully saturated rings. The summed E-state index contributed by atoms with van der Waals surface area (Å²) in [6.45, 7) is 4.16. The number of benzene rings is 1. The van der Waals surface area contributed by atoms with Crippen LogP contribution in [0.15, 0.2) is 21.5 Å². The lowest BCUT2D eigenvalue weighted by molar-refractivity contribution is -0.135. The summed E-state index contributed by atoms with van der Waals surface area (Å²) < 4.78 is 0.979. The summed E-state index contributed by atoms with van der Waals surface area (Å²) in [5.41, 5.74) is 2.20. The summed E-state index contributed by atoms with van der Waals surface area (Å²) in [6, 6.07) is 4.39. The fraction of sp³-hybridized carbons (Fsp3) is 0.417. The van der Waals surface area contributed by atoms with E-state index < -0.39 is 5.97 Å². The predicted octanol–water partition coefficient (Wildman–Crippen LogP) is 3.14. The normalized spacial score (nSPS) is 19.0. The zero-order chi connectivity index (χ0) is 12.6. The van der Waals surface area contributed by atoms with Crippen LogP contribution in [0.1, 0.15) is 12.5 Å². The molecule has 1 aliphatic rings. The van der Waals surface area contributed by atoms with Gasteiger partial charge in [0.25, 0.3) is 0 Å². The molecule has 5 heteroatoms. The largest absolute Gasteiger partial charge is 0.480 e. The Kier molecular flexibility index (Phi) is 3.68. The lowest BCUT2D eigenvalue weighted by atomic mass is 10.1. The van der Waals surface area contributed by atoms with Crippen LogP contribution in [0, 0.1) is 6.92 Å². The highest BCUT2D eigenvalue weighted by atomic mass is 79.9. The van der Waals surface area contributed by atoms with Crippen LogP contribution >= 0.6 is 27.7 Å². The second kappa shape index (κ2) is 4.90. The third-order valence-corrected chi connectivity index (χ3v) is 4.65. The number of aliphatic carboxylic acids is 1. The molecule has 0 bridgehead atoms. The molecule has 1 aromatic carbocycles. The Bertz CT molecular complexity index is 464. The number of halogens is 1. The Morgan fingerprint density at radius 3 is 3.00 bits per heavy atom. The summed E-state index contributed by atoms with van der Waals surface area (Å²) in [6.07, 6.45) is 0. The molecule has 1 N–H and O–H groups in total. The monoisotopic (exact) mass is 315 g/mol. The Morgan fingerprint density at radius 1 is 1.65 bits per heavy atom. The minimum Gasteiger partial charge on any atom is -0.480 e. The van der Waals surface area contributed by atoms with E-state index in [9.17, 15) is 4.79 Å². The van der Waals surface area contributed by atoms with Gasteiger partial charge in [0.1, 0.15) is 6.54 Å². The van der Waals surface area contributed by atoms with Crippen molar-refractivity contribution in [1.82, 2.24) is 0 Å². The van der Waals surface area contributed by atoms with Crippen LogP contribution < -0.4 is 4.90 Å². The number of hydrogen-bond donors (Lipinski definition) is 1. The van der Waals surface area contributed by atoms with Gasteiger partial charge in [-0.25, -0.2) is 0 Å². The standard InChI is InChI=1S/C12H14BrNO2S/c1-7-3-9(13)12-10(4-7)17-6-8(2)14(12)5-11(15)16/h3-4,8H,5-6H2,1-2H3,(H,15,16). The minimum absolute atomic E-state index is 0.0520. The van der Waals surface area contributed by atoms with E-state index in [0.29, 0.717) is 0 Å². The molecule has 1 aliphatic heterocycles. The number of nitrogens with zero attached hydrogens (tertiary/aromatic N) is 1. The van der Waals surface area contributed by atoms with Crippen LogP contribution in [0.2, 0.25) is 0 Å². The van der Waals surface area contributed by atoms with Gasteiger partial charge in [0.2, 0.25) is 0 Å². The van der Waals surface area contributed by atoms with E-state index >= 15 is 0 Å². The van der Waals surface area contributed by atoms with Crippen molar-refractivity contribution in [3.8, 4) is 0 Å². The molecule has 92 valence electrons. The van der Waals surface area contributed by atoms with E-state index in [1.807, 2.05) is 17.9 Å². The van der Waals surface area contributed by atoms with Crippen LogP contribution in [-0.4, -0.2) is 29.4 Å². The van der Waals surface area contributed by atoms with Gasteiger partial charge in [-0.2, -0.15) is 0 Å². The highest BCUT2D eigenvalue weighted by Gasteiger charge is 2.27. The lowest BCUT2D eigenvalue weighted by Crippen LogP contribution is -2.41. The van der Waals surface area contributed by atoms with Gasteiger partial charge in [-0.1, -0.05) is 0 Å². The van der Waals surface area contributed by atoms with Crippen molar-refractivity contribution in [1.29, 1.82) is 0 Å². The molecule has 1 aromatic rings. The summed E-state index contributed by atoms with van der Waals surface area (Å²) >= 11 is 5.33. The summed E-state index contributed by atoms with van der Waals surface area (Å²) in [5, 5.41) is 8.99. The third kappa shape index (κ3) is 2.60. The topological polar surface area (TPSA) is 40.5 Å². The van der Waals surface area contributed by atoms with Gasteiger partial charge in [-0.3, -0.25) is 4.79 Å². The van der Waals surface area contributed by atoms with Gasteiger partial charge in [-0.05, 0) is 47.5 Å². The van der Waals surface area contributed by atoms with Crippen molar-refractivity contribution in [3.63, 3.8) is 0 Å². The van der Waals surface area contributed by atoms with E-state index in [1.54, 1.807) is 11.8 Å². The number of aryl methyl sites for hydroxylation is 1. The molecule has 0 amide bonds. The first-order chi connectivity index (χ1) is 7.99. The number of rotatable bonds is 2. The molecular weight excluding hydrogens is 302 g/mol. The van der Waals surface area contributed by atoms with Crippen molar-refractivity contribution in [2.75, 3.05) is 17.2 Å². The highest BCUT2D eigenvalue weighted by Crippen LogP contribution is 2.42. The highest BCUT2D eigenvalue weighted by molar-refractivity contribution is 9.10. The molecule has 1 heterocycles. The van der Waals surface area contributed by atoms with Gasteiger partial charge < -0.3 is 10.0 Å². The third-order valence-electron chi connectivity index (χ3n) is 2.78. The first kappa shape index (κ1) is 12.8. The summed E-state index contributed by atoms with van der Waals surface area (Å²) in [5.74, 6) is 0.137. The van der Waals surface area contributed by atoms with Crippen molar-refractivity contribution in [3.05, 3.63) is 22.2 Å². The van der Waals surface area contributed by atoms with Gasteiger partial charge in [-0.15, -0.1) is 11.8 Å². The molecule has 2 rings (SSSR count). The smallest absolute Gasteiger partial charge is 0.323 e. The van der Waals surface area contributed by atoms with Gasteiger partial charge >= 0.3 is 5.97 Å². The molecule has 1 unspecified atom stereocenters. The van der Waals surface area contributed by atoms with E-state index in [0.717, 1.165) is 20.8 Å². The van der Waals surface area contributed by atoms with Crippen LogP contribution in [-0.2, 0) is 4.79 Å². The number of anilines is 1. The molecular formula is C12H14BrNO2S. The van der Waals surface area contributed by atoms with E-state index in [2.05, 4.69) is 28.9 Å². The maximum Gasteiger partial charge on any atom is 0.323 e. The van der Waals surface area contributed by atoms with Gasteiger partial charge in [0, 0.05) is 21.2 Å². The van der Waals surface area contributed by atoms with E-state index in [4.69, 9.17) is 5.11 Å². The Hall–Kier alpha value is -0.680. The molecule has 0 radical (unpaired) electrons. The molecule has 3 nitrogen and oxygen atoms in total. The maximum atomic E-state index is 10.9. The Labute approximate surface area is 113 Å². The van der Waals surface area contributed by atoms with Crippen LogP contribution in [0.25, 0.3) is 0 Å². The van der Waals surface area contributed by atoms with E-state index in [-0.39, 0.29) is 12.6 Å². The zero-order valence-corrected chi connectivity index (χ0v) is 12.1. The lowest BCUT2D eigenvalue weighted by Gasteiger charge is -2.36. The number of carbonyl (C=O) groups is 1. The van der Waals surface area contributed by atoms with Crippen molar-refractivity contribution in [2.24, 2.45) is 0 Å². The average molecular weight is 316 g/mol. The predicted molar refractivity (Wildman–Crippen MR) is 74.0 cm³/mol. The number of thioether (sulfide) groups is 1. The quantitative estimate of drug-likeness (QED) is 0.910. The number of hydrogen-bond acceptors (Lipinski definition) is 3. The number of carboxylic acid groups (broad SMARTS) is 1. The van der Waals surface area contributed by atoms with Crippen molar-refractivity contribution >= 4 is 39.3 Å². The van der Waals surface area contributed by atoms with Crippen LogP contribution in [0.5, 0.6) is 0 Å². The van der Waals surface area contributed by atoms with Gasteiger partial charge in [0.05, 0.1) is 5.69 Å². The van der Waals surface area contributed by atoms with E-state index in [1.165, 1.54) is 5.56 Å². The van der Waals surface area contributed by atoms with Crippen molar-refractivity contribution < 1.29 is 9.90 Å². The zero-order valence-electron chi connectivity index (χ0n) is 9.74. The summed E-state index contributed by atoms with van der Waals surface area (Å²) in [4.78, 5) is 14.1. The molecule has 0 saturated heterocycles. The first-order valence-electron chi connectivity index (χ1n) is 5.40. The Balaban J connectivity index is 2.46. The number of carboxylic acids is 1. The molecule has 0 spiro atoms. The second-order valence-electron chi connectivity index (χ2n) is 4.28. The van der Waals surface area contributed by atoms with Crippen LogP contribution in [0.4, 0.5) is 5.69 Å². The number of fused-ring (bicyclic) bond motifs is 1. The molecule has 0 saturated carbocycles. The molecule has 0 aliphatic carbocycles. The fourth-order valence-corrected chi connectivity index (χ4v) is 4.16. The fourth-order valence-electron chi connectivity index (χ4n) is 1.99.